The van der Waals surface area contributed by atoms with Crippen LogP contribution in [0.15, 0.2) is 21.6 Å². The third-order valence-electron chi connectivity index (χ3n) is 8.03. The molecule has 1 heterocycles. The maximum Gasteiger partial charge on any atom is 0.137 e. The number of methoxy groups -OCH3 is 1. The van der Waals surface area contributed by atoms with E-state index in [1.807, 2.05) is 12.0 Å². The van der Waals surface area contributed by atoms with Crippen molar-refractivity contribution in [2.45, 2.75) is 169 Å². The molecule has 0 aromatic heterocycles. The van der Waals surface area contributed by atoms with Crippen LogP contribution in [-0.4, -0.2) is 12.9 Å². The molecule has 2 unspecified atom stereocenters. The van der Waals surface area contributed by atoms with Crippen LogP contribution in [0, 0.1) is 5.92 Å². The molecule has 0 aromatic carbocycles. The van der Waals surface area contributed by atoms with Gasteiger partial charge in [0.2, 0.25) is 0 Å². The lowest BCUT2D eigenvalue weighted by Crippen LogP contribution is -2.04. The largest absolute Gasteiger partial charge is 0.492 e. The van der Waals surface area contributed by atoms with Crippen molar-refractivity contribution >= 4 is 10.9 Å². The van der Waals surface area contributed by atoms with Crippen LogP contribution in [0.1, 0.15) is 169 Å². The minimum Gasteiger partial charge on any atom is -0.492 e. The number of hydrogen-bond acceptors (Lipinski definition) is 1. The van der Waals surface area contributed by atoms with Gasteiger partial charge in [0.05, 0.1) is 7.11 Å². The van der Waals surface area contributed by atoms with Crippen LogP contribution < -0.4 is 0 Å². The molecular weight excluding hydrogens is 444 g/mol. The molecule has 208 valence electrons. The topological polar surface area (TPSA) is 9.23 Å². The SMILES string of the molecule is CCCCCCCCCCC1=C(CC(CC)CCCC)[SH](CCCCCCCCCC)C(OC)=C1. The van der Waals surface area contributed by atoms with Gasteiger partial charge in [0, 0.05) is 0 Å². The minimum absolute atomic E-state index is 0.211. The Morgan fingerprint density at radius 3 is 1.69 bits per heavy atom. The van der Waals surface area contributed by atoms with Crippen molar-refractivity contribution in [2.24, 2.45) is 5.92 Å². The second kappa shape index (κ2) is 22.8. The highest BCUT2D eigenvalue weighted by Gasteiger charge is 2.26. The Kier molecular flexibility index (Phi) is 21.3. The number of thiol groups is 1. The van der Waals surface area contributed by atoms with Crippen molar-refractivity contribution in [1.82, 2.24) is 0 Å². The fourth-order valence-electron chi connectivity index (χ4n) is 5.56. The summed E-state index contributed by atoms with van der Waals surface area (Å²) in [6.07, 6.45) is 33.2. The van der Waals surface area contributed by atoms with Crippen molar-refractivity contribution < 1.29 is 4.74 Å². The molecule has 2 atom stereocenters. The summed E-state index contributed by atoms with van der Waals surface area (Å²) in [7, 11) is 1.72. The fourth-order valence-corrected chi connectivity index (χ4v) is 8.39. The van der Waals surface area contributed by atoms with Crippen LogP contribution in [0.2, 0.25) is 0 Å². The van der Waals surface area contributed by atoms with Crippen LogP contribution >= 0.6 is 10.9 Å². The van der Waals surface area contributed by atoms with Gasteiger partial charge in [-0.25, -0.2) is 0 Å². The zero-order valence-electron chi connectivity index (χ0n) is 24.8. The third-order valence-corrected chi connectivity index (χ3v) is 10.8. The first-order valence-corrected chi connectivity index (χ1v) is 17.5. The molecule has 0 fully saturated rings. The van der Waals surface area contributed by atoms with E-state index in [0.29, 0.717) is 0 Å². The molecule has 0 amide bonds. The molecule has 1 rings (SSSR count). The molecule has 0 aliphatic carbocycles. The van der Waals surface area contributed by atoms with E-state index in [1.165, 1.54) is 152 Å². The Bertz CT molecular complexity index is 549. The zero-order chi connectivity index (χ0) is 25.6. The van der Waals surface area contributed by atoms with Gasteiger partial charge < -0.3 is 4.74 Å². The molecule has 0 saturated heterocycles. The van der Waals surface area contributed by atoms with Crippen LogP contribution in [0.4, 0.5) is 0 Å². The molecule has 1 nitrogen and oxygen atoms in total. The number of ether oxygens (including phenoxy) is 1. The van der Waals surface area contributed by atoms with Gasteiger partial charge in [-0.1, -0.05) is 143 Å². The molecular formula is C33H64OS. The average molecular weight is 509 g/mol. The van der Waals surface area contributed by atoms with Crippen LogP contribution in [0.25, 0.3) is 0 Å². The van der Waals surface area contributed by atoms with E-state index in [1.54, 1.807) is 5.57 Å². The number of unbranched alkanes of at least 4 members (excludes halogenated alkanes) is 15. The lowest BCUT2D eigenvalue weighted by atomic mass is 9.93. The first kappa shape index (κ1) is 32.7. The summed E-state index contributed by atoms with van der Waals surface area (Å²) in [5.41, 5.74) is 1.69. The lowest BCUT2D eigenvalue weighted by molar-refractivity contribution is 0.324. The van der Waals surface area contributed by atoms with E-state index in [2.05, 4.69) is 33.8 Å². The first-order chi connectivity index (χ1) is 17.2. The van der Waals surface area contributed by atoms with E-state index in [0.717, 1.165) is 5.92 Å². The fraction of sp³-hybridized carbons (Fsp3) is 0.879. The molecule has 0 bridgehead atoms. The van der Waals surface area contributed by atoms with E-state index >= 15 is 0 Å². The number of allylic oxidation sites excluding steroid dienone is 3. The lowest BCUT2D eigenvalue weighted by Gasteiger charge is -2.26. The van der Waals surface area contributed by atoms with Crippen molar-refractivity contribution in [3.8, 4) is 0 Å². The molecule has 0 saturated carbocycles. The quantitative estimate of drug-likeness (QED) is 0.0952. The highest BCUT2D eigenvalue weighted by Crippen LogP contribution is 2.54. The van der Waals surface area contributed by atoms with Gasteiger partial charge in [0.15, 0.2) is 0 Å². The van der Waals surface area contributed by atoms with Crippen molar-refractivity contribution in [3.05, 3.63) is 21.6 Å². The maximum absolute atomic E-state index is 6.03. The molecule has 1 aliphatic heterocycles. The molecule has 0 aromatic rings. The van der Waals surface area contributed by atoms with Crippen molar-refractivity contribution in [3.63, 3.8) is 0 Å². The third kappa shape index (κ3) is 14.8. The Labute approximate surface area is 224 Å². The predicted molar refractivity (Wildman–Crippen MR) is 164 cm³/mol. The van der Waals surface area contributed by atoms with Crippen molar-refractivity contribution in [2.75, 3.05) is 12.9 Å². The Morgan fingerprint density at radius 1 is 0.657 bits per heavy atom. The van der Waals surface area contributed by atoms with Gasteiger partial charge in [0.1, 0.15) is 5.09 Å². The number of hydrogen-bond donors (Lipinski definition) is 1. The summed E-state index contributed by atoms with van der Waals surface area (Å²) in [6.45, 7) is 9.38. The normalized spacial score (nSPS) is 17.7. The second-order valence-electron chi connectivity index (χ2n) is 11.1. The first-order valence-electron chi connectivity index (χ1n) is 16.0. The summed E-state index contributed by atoms with van der Waals surface area (Å²) in [5, 5.41) is 1.35. The van der Waals surface area contributed by atoms with Gasteiger partial charge in [-0.3, -0.25) is 0 Å². The van der Waals surface area contributed by atoms with Crippen molar-refractivity contribution in [1.29, 1.82) is 0 Å². The van der Waals surface area contributed by atoms with Gasteiger partial charge in [0.25, 0.3) is 0 Å². The minimum atomic E-state index is -0.211. The van der Waals surface area contributed by atoms with Gasteiger partial charge in [-0.15, -0.1) is 0 Å². The standard InChI is InChI=1S/C33H64OS/c1-6-10-13-15-17-19-21-23-26-31-29-33(34-5)35(27-24-22-20-18-16-14-11-7-2)32(31)28-30(9-4)25-12-8-3/h29-30,35H,6-28H2,1-5H3. The predicted octanol–water partition coefficient (Wildman–Crippen LogP) is 12.0. The maximum atomic E-state index is 6.03. The summed E-state index contributed by atoms with van der Waals surface area (Å²) >= 11 is 0. The summed E-state index contributed by atoms with van der Waals surface area (Å²) in [4.78, 5) is 1.84. The van der Waals surface area contributed by atoms with E-state index in [4.69, 9.17) is 4.74 Å². The summed E-state index contributed by atoms with van der Waals surface area (Å²) < 4.78 is 6.03. The second-order valence-corrected chi connectivity index (χ2v) is 13.4. The van der Waals surface area contributed by atoms with Gasteiger partial charge in [-0.05, 0) is 53.9 Å². The summed E-state index contributed by atoms with van der Waals surface area (Å²) in [5.74, 6) is 2.23. The smallest absolute Gasteiger partial charge is 0.137 e. The van der Waals surface area contributed by atoms with E-state index in [9.17, 15) is 0 Å². The van der Waals surface area contributed by atoms with E-state index < -0.39 is 0 Å². The molecule has 0 N–H and O–H groups in total. The Hall–Kier alpha value is -0.370. The molecule has 0 spiro atoms. The van der Waals surface area contributed by atoms with E-state index in [-0.39, 0.29) is 10.9 Å². The highest BCUT2D eigenvalue weighted by atomic mass is 32.2. The monoisotopic (exact) mass is 508 g/mol. The van der Waals surface area contributed by atoms with Gasteiger partial charge >= 0.3 is 0 Å². The average Bonchev–Trinajstić information content (AvgIpc) is 3.20. The Morgan fingerprint density at radius 2 is 1.17 bits per heavy atom. The zero-order valence-corrected chi connectivity index (χ0v) is 25.7. The Balaban J connectivity index is 2.65. The van der Waals surface area contributed by atoms with Crippen LogP contribution in [0.3, 0.4) is 0 Å². The molecule has 2 heteroatoms. The molecule has 0 radical (unpaired) electrons. The highest BCUT2D eigenvalue weighted by molar-refractivity contribution is 8.23. The number of rotatable bonds is 25. The molecule has 1 aliphatic rings. The van der Waals surface area contributed by atoms with Gasteiger partial charge in [-0.2, -0.15) is 10.9 Å². The summed E-state index contributed by atoms with van der Waals surface area (Å²) in [6, 6.07) is 0. The molecule has 35 heavy (non-hydrogen) atoms. The van der Waals surface area contributed by atoms with Crippen LogP contribution in [-0.2, 0) is 4.74 Å². The van der Waals surface area contributed by atoms with Crippen LogP contribution in [0.5, 0.6) is 0 Å².